The average Bonchev–Trinajstić information content (AvgIpc) is 2.55. The number of aromatic nitrogens is 2. The van der Waals surface area contributed by atoms with Crippen molar-refractivity contribution < 1.29 is 23.8 Å². The quantitative estimate of drug-likeness (QED) is 0.780. The van der Waals surface area contributed by atoms with Crippen LogP contribution in [-0.2, 0) is 9.53 Å². The zero-order chi connectivity index (χ0) is 19.7. The summed E-state index contributed by atoms with van der Waals surface area (Å²) in [6, 6.07) is 4.50. The number of hydrogen-bond acceptors (Lipinski definition) is 6. The van der Waals surface area contributed by atoms with Gasteiger partial charge in [-0.15, -0.1) is 10.2 Å². The average molecular weight is 394 g/mol. The second-order valence-electron chi connectivity index (χ2n) is 6.38. The lowest BCUT2D eigenvalue weighted by molar-refractivity contribution is -0.150. The summed E-state index contributed by atoms with van der Waals surface area (Å²) in [6.07, 6.45) is 0.245. The molecule has 1 fully saturated rings. The molecule has 3 rings (SSSR count). The third-order valence-electron chi connectivity index (χ3n) is 4.12. The number of carboxylic acid groups (broad SMARTS) is 1. The summed E-state index contributed by atoms with van der Waals surface area (Å²) in [7, 11) is 0. The summed E-state index contributed by atoms with van der Waals surface area (Å²) >= 11 is 5.89. The predicted octanol–water partition coefficient (Wildman–Crippen LogP) is 3.16. The minimum atomic E-state index is -1.26. The highest BCUT2D eigenvalue weighted by atomic mass is 35.5. The van der Waals surface area contributed by atoms with Crippen LogP contribution in [-0.4, -0.2) is 45.9 Å². The van der Waals surface area contributed by atoms with Gasteiger partial charge in [0.1, 0.15) is 17.4 Å². The fourth-order valence-electron chi connectivity index (χ4n) is 2.78. The molecule has 0 spiro atoms. The van der Waals surface area contributed by atoms with Crippen molar-refractivity contribution in [3.63, 3.8) is 0 Å². The number of halogens is 2. The van der Waals surface area contributed by atoms with Crippen LogP contribution in [0.2, 0.25) is 5.02 Å². The maximum atomic E-state index is 14.1. The van der Waals surface area contributed by atoms with Crippen molar-refractivity contribution in [3.8, 4) is 11.3 Å². The van der Waals surface area contributed by atoms with Gasteiger partial charge < -0.3 is 14.7 Å². The fraction of sp³-hybridized carbons (Fsp3) is 0.333. The van der Waals surface area contributed by atoms with Gasteiger partial charge in [0.2, 0.25) is 0 Å². The minimum absolute atomic E-state index is 0.0398. The molecule has 1 aromatic heterocycles. The number of carbonyl (C=O) groups is 2. The van der Waals surface area contributed by atoms with Crippen LogP contribution in [0.4, 0.5) is 10.2 Å². The van der Waals surface area contributed by atoms with E-state index in [4.69, 9.17) is 16.3 Å². The third kappa shape index (κ3) is 3.85. The number of rotatable bonds is 5. The van der Waals surface area contributed by atoms with Crippen molar-refractivity contribution >= 4 is 29.4 Å². The minimum Gasteiger partial charge on any atom is -0.478 e. The first-order valence-corrected chi connectivity index (χ1v) is 8.69. The second-order valence-corrected chi connectivity index (χ2v) is 6.82. The van der Waals surface area contributed by atoms with E-state index in [1.54, 1.807) is 13.8 Å². The van der Waals surface area contributed by atoms with E-state index in [2.05, 4.69) is 10.2 Å². The molecule has 1 N–H and O–H groups in total. The predicted molar refractivity (Wildman–Crippen MR) is 96.4 cm³/mol. The number of benzene rings is 1. The van der Waals surface area contributed by atoms with Crippen LogP contribution in [0.25, 0.3) is 11.3 Å². The summed E-state index contributed by atoms with van der Waals surface area (Å²) < 4.78 is 19.3. The maximum Gasteiger partial charge on any atom is 0.339 e. The zero-order valence-corrected chi connectivity index (χ0v) is 15.4. The van der Waals surface area contributed by atoms with Crippen molar-refractivity contribution in [2.45, 2.75) is 32.4 Å². The fourth-order valence-corrected chi connectivity index (χ4v) is 2.95. The lowest BCUT2D eigenvalue weighted by Crippen LogP contribution is -2.54. The van der Waals surface area contributed by atoms with Crippen LogP contribution in [0.3, 0.4) is 0 Å². The largest absolute Gasteiger partial charge is 0.478 e. The van der Waals surface area contributed by atoms with Gasteiger partial charge in [-0.2, -0.15) is 0 Å². The summed E-state index contributed by atoms with van der Waals surface area (Å²) in [6.45, 7) is 3.91. The van der Waals surface area contributed by atoms with Crippen LogP contribution < -0.4 is 4.90 Å². The van der Waals surface area contributed by atoms with Crippen LogP contribution in [0, 0.1) is 5.82 Å². The van der Waals surface area contributed by atoms with Gasteiger partial charge in [-0.1, -0.05) is 11.6 Å². The highest BCUT2D eigenvalue weighted by molar-refractivity contribution is 6.30. The first-order chi connectivity index (χ1) is 12.8. The Morgan fingerprint density at radius 3 is 2.67 bits per heavy atom. The van der Waals surface area contributed by atoms with Crippen molar-refractivity contribution in [1.29, 1.82) is 0 Å². The molecule has 1 aliphatic rings. The molecule has 0 bridgehead atoms. The Kier molecular flexibility index (Phi) is 5.27. The number of hydrogen-bond donors (Lipinski definition) is 1. The van der Waals surface area contributed by atoms with Gasteiger partial charge in [-0.25, -0.2) is 14.0 Å². The van der Waals surface area contributed by atoms with Gasteiger partial charge in [0.25, 0.3) is 0 Å². The highest BCUT2D eigenvalue weighted by Gasteiger charge is 2.39. The normalized spacial score (nSPS) is 16.2. The molecular formula is C18H17ClFN3O4. The van der Waals surface area contributed by atoms with E-state index in [0.717, 1.165) is 0 Å². The molecule has 0 radical (unpaired) electrons. The van der Waals surface area contributed by atoms with E-state index in [-0.39, 0.29) is 33.8 Å². The Morgan fingerprint density at radius 1 is 1.33 bits per heavy atom. The summed E-state index contributed by atoms with van der Waals surface area (Å²) in [4.78, 5) is 25.4. The van der Waals surface area contributed by atoms with Crippen LogP contribution in [0.15, 0.2) is 24.3 Å². The van der Waals surface area contributed by atoms with Gasteiger partial charge in [0.15, 0.2) is 5.82 Å². The van der Waals surface area contributed by atoms with Crippen molar-refractivity contribution in [1.82, 2.24) is 10.2 Å². The van der Waals surface area contributed by atoms with Gasteiger partial charge in [0, 0.05) is 17.1 Å². The molecule has 0 amide bonds. The van der Waals surface area contributed by atoms with Gasteiger partial charge in [-0.05, 0) is 44.5 Å². The maximum absolute atomic E-state index is 14.1. The molecule has 1 atom stereocenters. The lowest BCUT2D eigenvalue weighted by atomic mass is 10.0. The zero-order valence-electron chi connectivity index (χ0n) is 14.6. The van der Waals surface area contributed by atoms with Crippen LogP contribution in [0.5, 0.6) is 0 Å². The standard InChI is InChI=1S/C18H17ClFN3O4/c1-9(2)27-18(26)15-5-6-23(15)16-12(17(24)25)8-14(21-22-16)11-7-10(19)3-4-13(11)20/h3-4,7-9,15H,5-6H2,1-2H3,(H,24,25). The Bertz CT molecular complexity index is 906. The van der Waals surface area contributed by atoms with E-state index >= 15 is 0 Å². The summed E-state index contributed by atoms with van der Waals surface area (Å²) in [5, 5.41) is 17.8. The molecule has 1 aliphatic heterocycles. The molecule has 27 heavy (non-hydrogen) atoms. The van der Waals surface area contributed by atoms with E-state index in [1.807, 2.05) is 0 Å². The highest BCUT2D eigenvalue weighted by Crippen LogP contribution is 2.32. The van der Waals surface area contributed by atoms with Crippen molar-refractivity contribution in [2.75, 3.05) is 11.4 Å². The second kappa shape index (κ2) is 7.48. The number of nitrogens with zero attached hydrogens (tertiary/aromatic N) is 3. The van der Waals surface area contributed by atoms with E-state index in [0.29, 0.717) is 13.0 Å². The summed E-state index contributed by atoms with van der Waals surface area (Å²) in [5.41, 5.74) is -0.0946. The molecule has 1 saturated heterocycles. The molecule has 1 unspecified atom stereocenters. The first kappa shape index (κ1) is 19.0. The Labute approximate surface area is 159 Å². The number of aromatic carboxylic acids is 1. The van der Waals surface area contributed by atoms with E-state index in [9.17, 15) is 19.1 Å². The number of carboxylic acids is 1. The molecule has 0 saturated carbocycles. The molecular weight excluding hydrogens is 377 g/mol. The molecule has 2 heterocycles. The van der Waals surface area contributed by atoms with E-state index in [1.165, 1.54) is 29.2 Å². The van der Waals surface area contributed by atoms with Gasteiger partial charge >= 0.3 is 11.9 Å². The monoisotopic (exact) mass is 393 g/mol. The van der Waals surface area contributed by atoms with Crippen molar-refractivity contribution in [2.24, 2.45) is 0 Å². The molecule has 1 aromatic carbocycles. The SMILES string of the molecule is CC(C)OC(=O)C1CCN1c1nnc(-c2cc(Cl)ccc2F)cc1C(=O)O. The molecule has 9 heteroatoms. The number of anilines is 1. The third-order valence-corrected chi connectivity index (χ3v) is 4.36. The lowest BCUT2D eigenvalue weighted by Gasteiger charge is -2.40. The molecule has 142 valence electrons. The van der Waals surface area contributed by atoms with Crippen LogP contribution >= 0.6 is 11.6 Å². The number of esters is 1. The Hall–Kier alpha value is -2.74. The van der Waals surface area contributed by atoms with Crippen LogP contribution in [0.1, 0.15) is 30.6 Å². The Balaban J connectivity index is 1.97. The number of carbonyl (C=O) groups excluding carboxylic acids is 1. The van der Waals surface area contributed by atoms with E-state index < -0.39 is 23.8 Å². The van der Waals surface area contributed by atoms with Crippen molar-refractivity contribution in [3.05, 3.63) is 40.7 Å². The molecule has 7 nitrogen and oxygen atoms in total. The van der Waals surface area contributed by atoms with Gasteiger partial charge in [0.05, 0.1) is 11.8 Å². The molecule has 2 aromatic rings. The van der Waals surface area contributed by atoms with Gasteiger partial charge in [-0.3, -0.25) is 0 Å². The number of ether oxygens (including phenoxy) is 1. The Morgan fingerprint density at radius 2 is 2.07 bits per heavy atom. The smallest absolute Gasteiger partial charge is 0.339 e. The topological polar surface area (TPSA) is 92.6 Å². The molecule has 0 aliphatic carbocycles. The summed E-state index contributed by atoms with van der Waals surface area (Å²) in [5.74, 6) is -2.25. The first-order valence-electron chi connectivity index (χ1n) is 8.31.